The van der Waals surface area contributed by atoms with Crippen molar-refractivity contribution in [3.8, 4) is 33.6 Å². The van der Waals surface area contributed by atoms with Crippen molar-refractivity contribution in [2.24, 2.45) is 0 Å². The summed E-state index contributed by atoms with van der Waals surface area (Å²) in [7, 11) is 0. The Morgan fingerprint density at radius 3 is 1.88 bits per heavy atom. The minimum Gasteiger partial charge on any atom is -0.256 e. The molecule has 0 radical (unpaired) electrons. The van der Waals surface area contributed by atoms with Crippen LogP contribution >= 0.6 is 0 Å². The van der Waals surface area contributed by atoms with Gasteiger partial charge in [-0.3, -0.25) is 4.98 Å². The molecule has 0 aliphatic rings. The highest BCUT2D eigenvalue weighted by Gasteiger charge is 2.21. The lowest BCUT2D eigenvalue weighted by molar-refractivity contribution is 0.568. The molecule has 0 amide bonds. The molecule has 0 unspecified atom stereocenters. The summed E-state index contributed by atoms with van der Waals surface area (Å²) in [4.78, 5) is 4.32. The molecule has 3 nitrogen and oxygen atoms in total. The third-order valence-electron chi connectivity index (χ3n) is 3.96. The normalized spacial score (nSPS) is 10.6. The lowest BCUT2D eigenvalue weighted by atomic mass is 9.94. The van der Waals surface area contributed by atoms with Gasteiger partial charge in [-0.05, 0) is 17.7 Å². The molecule has 0 atom stereocenters. The number of benzene rings is 2. The van der Waals surface area contributed by atoms with Gasteiger partial charge in [0.2, 0.25) is 5.95 Å². The first-order chi connectivity index (χ1) is 12.3. The SMILES string of the molecule is Fc1nnc(-c2ccccc2)c(-c2ccccc2)c1-c1ccccn1. The second-order valence-electron chi connectivity index (χ2n) is 5.54. The van der Waals surface area contributed by atoms with Gasteiger partial charge in [-0.15, -0.1) is 10.2 Å². The quantitative estimate of drug-likeness (QED) is 0.531. The van der Waals surface area contributed by atoms with E-state index in [1.54, 1.807) is 18.3 Å². The summed E-state index contributed by atoms with van der Waals surface area (Å²) in [5.41, 5.74) is 3.97. The van der Waals surface area contributed by atoms with Gasteiger partial charge in [0, 0.05) is 17.3 Å². The summed E-state index contributed by atoms with van der Waals surface area (Å²) in [5, 5.41) is 7.92. The predicted molar refractivity (Wildman–Crippen MR) is 96.1 cm³/mol. The fourth-order valence-electron chi connectivity index (χ4n) is 2.84. The highest BCUT2D eigenvalue weighted by atomic mass is 19.1. The van der Waals surface area contributed by atoms with E-state index in [0.29, 0.717) is 22.5 Å². The molecule has 2 heterocycles. The van der Waals surface area contributed by atoms with Crippen molar-refractivity contribution >= 4 is 0 Å². The standard InChI is InChI=1S/C21H14FN3/c22-21-19(17-13-7-8-14-23-17)18(15-9-3-1-4-10-15)20(24-25-21)16-11-5-2-6-12-16/h1-14H. The van der Waals surface area contributed by atoms with Gasteiger partial charge in [0.05, 0.1) is 11.3 Å². The summed E-state index contributed by atoms with van der Waals surface area (Å²) >= 11 is 0. The average Bonchev–Trinajstić information content (AvgIpc) is 2.70. The maximum Gasteiger partial charge on any atom is 0.243 e. The molecular formula is C21H14FN3. The molecule has 4 rings (SSSR count). The topological polar surface area (TPSA) is 38.7 Å². The van der Waals surface area contributed by atoms with Crippen LogP contribution in [0.3, 0.4) is 0 Å². The number of aromatic nitrogens is 3. The molecular weight excluding hydrogens is 313 g/mol. The number of pyridine rings is 1. The van der Waals surface area contributed by atoms with Crippen LogP contribution in [0.4, 0.5) is 4.39 Å². The summed E-state index contributed by atoms with van der Waals surface area (Å²) in [6, 6.07) is 24.7. The van der Waals surface area contributed by atoms with Crippen LogP contribution in [-0.4, -0.2) is 15.2 Å². The second kappa shape index (κ2) is 6.61. The minimum atomic E-state index is -0.628. The highest BCUT2D eigenvalue weighted by molar-refractivity contribution is 5.91. The molecule has 4 aromatic rings. The van der Waals surface area contributed by atoms with Crippen molar-refractivity contribution in [1.29, 1.82) is 0 Å². The Balaban J connectivity index is 2.08. The van der Waals surface area contributed by atoms with Crippen LogP contribution in [0.15, 0.2) is 85.1 Å². The zero-order valence-electron chi connectivity index (χ0n) is 13.3. The van der Waals surface area contributed by atoms with Crippen LogP contribution in [0.2, 0.25) is 0 Å². The van der Waals surface area contributed by atoms with Gasteiger partial charge in [-0.1, -0.05) is 66.7 Å². The molecule has 0 saturated heterocycles. The average molecular weight is 327 g/mol. The number of hydrogen-bond donors (Lipinski definition) is 0. The predicted octanol–water partition coefficient (Wildman–Crippen LogP) is 5.01. The first kappa shape index (κ1) is 15.1. The van der Waals surface area contributed by atoms with E-state index < -0.39 is 5.95 Å². The third kappa shape index (κ3) is 2.90. The molecule has 0 fully saturated rings. The van der Waals surface area contributed by atoms with Crippen LogP contribution < -0.4 is 0 Å². The third-order valence-corrected chi connectivity index (χ3v) is 3.96. The zero-order chi connectivity index (χ0) is 17.1. The van der Waals surface area contributed by atoms with Gasteiger partial charge < -0.3 is 0 Å². The number of rotatable bonds is 3. The Labute approximate surface area is 144 Å². The van der Waals surface area contributed by atoms with E-state index >= 15 is 0 Å². The van der Waals surface area contributed by atoms with Crippen molar-refractivity contribution in [2.45, 2.75) is 0 Å². The van der Waals surface area contributed by atoms with Gasteiger partial charge in [0.25, 0.3) is 0 Å². The van der Waals surface area contributed by atoms with E-state index in [-0.39, 0.29) is 0 Å². The van der Waals surface area contributed by atoms with E-state index in [1.165, 1.54) is 0 Å². The first-order valence-corrected chi connectivity index (χ1v) is 7.93. The maximum atomic E-state index is 14.7. The van der Waals surface area contributed by atoms with Crippen LogP contribution in [0.25, 0.3) is 33.6 Å². The molecule has 0 saturated carbocycles. The monoisotopic (exact) mass is 327 g/mol. The zero-order valence-corrected chi connectivity index (χ0v) is 13.3. The van der Waals surface area contributed by atoms with Gasteiger partial charge >= 0.3 is 0 Å². The molecule has 0 N–H and O–H groups in total. The van der Waals surface area contributed by atoms with Crippen molar-refractivity contribution in [2.75, 3.05) is 0 Å². The van der Waals surface area contributed by atoms with E-state index in [0.717, 1.165) is 11.1 Å². The Bertz CT molecular complexity index is 988. The van der Waals surface area contributed by atoms with Crippen molar-refractivity contribution in [3.05, 3.63) is 91.0 Å². The summed E-state index contributed by atoms with van der Waals surface area (Å²) < 4.78 is 14.7. The molecule has 2 aromatic carbocycles. The van der Waals surface area contributed by atoms with Crippen LogP contribution in [0.1, 0.15) is 0 Å². The smallest absolute Gasteiger partial charge is 0.243 e. The van der Waals surface area contributed by atoms with Crippen LogP contribution in [0.5, 0.6) is 0 Å². The van der Waals surface area contributed by atoms with Crippen LogP contribution in [-0.2, 0) is 0 Å². The van der Waals surface area contributed by atoms with Gasteiger partial charge in [-0.2, -0.15) is 4.39 Å². The van der Waals surface area contributed by atoms with Crippen molar-refractivity contribution in [3.63, 3.8) is 0 Å². The molecule has 0 spiro atoms. The second-order valence-corrected chi connectivity index (χ2v) is 5.54. The van der Waals surface area contributed by atoms with E-state index in [1.807, 2.05) is 66.7 Å². The number of hydrogen-bond acceptors (Lipinski definition) is 3. The minimum absolute atomic E-state index is 0.362. The number of nitrogens with zero attached hydrogens (tertiary/aromatic N) is 3. The largest absolute Gasteiger partial charge is 0.256 e. The molecule has 2 aromatic heterocycles. The molecule has 0 aliphatic carbocycles. The molecule has 0 aliphatic heterocycles. The highest BCUT2D eigenvalue weighted by Crippen LogP contribution is 2.38. The lowest BCUT2D eigenvalue weighted by Crippen LogP contribution is -2.01. The molecule has 4 heteroatoms. The summed E-state index contributed by atoms with van der Waals surface area (Å²) in [6.07, 6.45) is 1.65. The van der Waals surface area contributed by atoms with Gasteiger partial charge in [-0.25, -0.2) is 0 Å². The van der Waals surface area contributed by atoms with Crippen molar-refractivity contribution < 1.29 is 4.39 Å². The van der Waals surface area contributed by atoms with E-state index in [2.05, 4.69) is 15.2 Å². The Morgan fingerprint density at radius 1 is 0.600 bits per heavy atom. The lowest BCUT2D eigenvalue weighted by Gasteiger charge is -2.14. The summed E-state index contributed by atoms with van der Waals surface area (Å²) in [6.45, 7) is 0. The van der Waals surface area contributed by atoms with Gasteiger partial charge in [0.1, 0.15) is 5.69 Å². The number of halogens is 1. The first-order valence-electron chi connectivity index (χ1n) is 7.93. The molecule has 25 heavy (non-hydrogen) atoms. The van der Waals surface area contributed by atoms with E-state index in [4.69, 9.17) is 0 Å². The Hall–Kier alpha value is -3.40. The molecule has 0 bridgehead atoms. The van der Waals surface area contributed by atoms with Crippen molar-refractivity contribution in [1.82, 2.24) is 15.2 Å². The maximum absolute atomic E-state index is 14.7. The molecule has 120 valence electrons. The van der Waals surface area contributed by atoms with E-state index in [9.17, 15) is 4.39 Å². The fourth-order valence-corrected chi connectivity index (χ4v) is 2.84. The van der Waals surface area contributed by atoms with Crippen LogP contribution in [0, 0.1) is 5.95 Å². The Morgan fingerprint density at radius 2 is 1.24 bits per heavy atom. The summed E-state index contributed by atoms with van der Waals surface area (Å²) in [5.74, 6) is -0.628. The Kier molecular flexibility index (Phi) is 4.01. The van der Waals surface area contributed by atoms with Gasteiger partial charge in [0.15, 0.2) is 0 Å². The fraction of sp³-hybridized carbons (Fsp3) is 0.